The number of phenolic OH excluding ortho intramolecular Hbond substituents is 1. The summed E-state index contributed by atoms with van der Waals surface area (Å²) in [6, 6.07) is 22.7. The zero-order chi connectivity index (χ0) is 54.8. The lowest BCUT2D eigenvalue weighted by Gasteiger charge is -2.30. The molecule has 19 heteroatoms. The molecule has 4 aromatic heterocycles. The fraction of sp³-hybridized carbons (Fsp3) is 0.309. The number of fused-ring (bicyclic) bond motifs is 2. The number of aromatic hydroxyl groups is 1. The second-order valence-corrected chi connectivity index (χ2v) is 19.3. The highest BCUT2D eigenvalue weighted by Crippen LogP contribution is 2.40. The van der Waals surface area contributed by atoms with Gasteiger partial charge in [0, 0.05) is 45.3 Å². The first-order chi connectivity index (χ1) is 35.6. The molecule has 390 valence electrons. The zero-order valence-corrected chi connectivity index (χ0v) is 42.1. The summed E-state index contributed by atoms with van der Waals surface area (Å²) in [5.41, 5.74) is 8.87. The second kappa shape index (κ2) is 23.6. The van der Waals surface area contributed by atoms with Crippen LogP contribution >= 0.6 is 0 Å². The van der Waals surface area contributed by atoms with Crippen LogP contribution in [0.15, 0.2) is 112 Å². The number of aromatic amines is 2. The SMILES string of the molecule is COC(=O)c1nc([C@@H](N)C(C)(C)C)oc1-c1c[nH]c2ccc(F)cc12.COC(=O)c1nc([C@@H](NC(=O)[C@@H](CC(=O)OCc2ccccc2)Cc2ccc(O)cc2)C(C)(C)C)oc1-c1c[nH]c2ccc(F)cc12.[2H]CF. The number of esters is 3. The molecule has 16 nitrogen and oxygen atoms in total. The maximum Gasteiger partial charge on any atom is 0.360 e. The number of methoxy groups -OCH3 is 2. The Morgan fingerprint density at radius 1 is 0.743 bits per heavy atom. The average Bonchev–Trinajstić information content (AvgIpc) is 4.20. The molecule has 1 amide bonds. The Kier molecular flexibility index (Phi) is 17.1. The van der Waals surface area contributed by atoms with Gasteiger partial charge in [0.1, 0.15) is 30.0 Å². The quantitative estimate of drug-likeness (QED) is 0.0504. The maximum absolute atomic E-state index is 14.2. The summed E-state index contributed by atoms with van der Waals surface area (Å²) in [7, 11) is 1.47. The number of aromatic nitrogens is 4. The van der Waals surface area contributed by atoms with Crippen molar-refractivity contribution in [2.75, 3.05) is 21.4 Å². The molecular formula is C55H59F3N6O10. The third-order valence-corrected chi connectivity index (χ3v) is 11.9. The van der Waals surface area contributed by atoms with Gasteiger partial charge in [-0.1, -0.05) is 84.0 Å². The lowest BCUT2D eigenvalue weighted by atomic mass is 9.85. The molecule has 0 aliphatic heterocycles. The number of H-pyrrole nitrogens is 2. The first-order valence-electron chi connectivity index (χ1n) is 23.9. The summed E-state index contributed by atoms with van der Waals surface area (Å²) in [4.78, 5) is 66.8. The molecule has 0 bridgehead atoms. The van der Waals surface area contributed by atoms with Crippen LogP contribution in [-0.4, -0.2) is 70.2 Å². The van der Waals surface area contributed by atoms with Crippen molar-refractivity contribution in [3.8, 4) is 28.4 Å². The van der Waals surface area contributed by atoms with Gasteiger partial charge in [0.2, 0.25) is 17.7 Å². The minimum Gasteiger partial charge on any atom is -0.508 e. The summed E-state index contributed by atoms with van der Waals surface area (Å²) in [5, 5.41) is 13.8. The maximum atomic E-state index is 14.2. The fourth-order valence-corrected chi connectivity index (χ4v) is 7.78. The van der Waals surface area contributed by atoms with Crippen molar-refractivity contribution in [2.45, 2.75) is 73.1 Å². The first-order valence-corrected chi connectivity index (χ1v) is 23.2. The summed E-state index contributed by atoms with van der Waals surface area (Å²) < 4.78 is 70.7. The molecule has 0 saturated heterocycles. The molecule has 0 saturated carbocycles. The highest BCUT2D eigenvalue weighted by Gasteiger charge is 2.38. The Morgan fingerprint density at radius 2 is 1.24 bits per heavy atom. The van der Waals surface area contributed by atoms with E-state index in [1.165, 1.54) is 50.6 Å². The van der Waals surface area contributed by atoms with E-state index in [1.54, 1.807) is 36.7 Å². The third-order valence-electron chi connectivity index (χ3n) is 11.9. The Hall–Kier alpha value is -8.19. The van der Waals surface area contributed by atoms with Gasteiger partial charge in [-0.2, -0.15) is 0 Å². The Morgan fingerprint density at radius 3 is 1.73 bits per heavy atom. The Labute approximate surface area is 426 Å². The van der Waals surface area contributed by atoms with Crippen LogP contribution in [0.5, 0.6) is 5.75 Å². The Bertz CT molecular complexity index is 3250. The number of phenols is 1. The van der Waals surface area contributed by atoms with E-state index in [9.17, 15) is 37.5 Å². The molecule has 4 aromatic carbocycles. The number of hydrogen-bond acceptors (Lipinski definition) is 13. The van der Waals surface area contributed by atoms with E-state index in [2.05, 4.69) is 25.3 Å². The molecule has 8 aromatic rings. The van der Waals surface area contributed by atoms with E-state index in [-0.39, 0.29) is 71.1 Å². The zero-order valence-electron chi connectivity index (χ0n) is 43.1. The van der Waals surface area contributed by atoms with Gasteiger partial charge in [-0.05, 0) is 76.9 Å². The molecule has 3 atom stereocenters. The third kappa shape index (κ3) is 13.1. The van der Waals surface area contributed by atoms with E-state index < -0.39 is 60.2 Å². The van der Waals surface area contributed by atoms with Crippen LogP contribution in [0.3, 0.4) is 0 Å². The number of benzene rings is 4. The minimum absolute atomic E-state index is 0.0161. The number of amides is 1. The van der Waals surface area contributed by atoms with Crippen molar-refractivity contribution in [3.63, 3.8) is 0 Å². The first kappa shape index (κ1) is 53.6. The molecule has 0 radical (unpaired) electrons. The number of alkyl halides is 1. The lowest BCUT2D eigenvalue weighted by molar-refractivity contribution is -0.148. The molecule has 0 spiro atoms. The van der Waals surface area contributed by atoms with Crippen molar-refractivity contribution >= 4 is 45.6 Å². The highest BCUT2D eigenvalue weighted by atomic mass is 19.1. The molecular weight excluding hydrogens is 962 g/mol. The minimum atomic E-state index is -1.00. The molecule has 8 rings (SSSR count). The second-order valence-electron chi connectivity index (χ2n) is 19.3. The number of halogens is 3. The number of nitrogens with zero attached hydrogens (tertiary/aromatic N) is 2. The van der Waals surface area contributed by atoms with E-state index in [1.807, 2.05) is 71.9 Å². The van der Waals surface area contributed by atoms with Crippen LogP contribution in [0.4, 0.5) is 13.2 Å². The highest BCUT2D eigenvalue weighted by molar-refractivity contribution is 6.02. The molecule has 74 heavy (non-hydrogen) atoms. The molecule has 0 aliphatic carbocycles. The van der Waals surface area contributed by atoms with Crippen LogP contribution < -0.4 is 11.1 Å². The summed E-state index contributed by atoms with van der Waals surface area (Å²) in [5.74, 6) is -3.57. The fourth-order valence-electron chi connectivity index (χ4n) is 7.78. The van der Waals surface area contributed by atoms with E-state index in [0.29, 0.717) is 32.9 Å². The largest absolute Gasteiger partial charge is 0.508 e. The van der Waals surface area contributed by atoms with E-state index in [0.717, 1.165) is 11.1 Å². The number of nitrogens with one attached hydrogen (secondary N) is 3. The van der Waals surface area contributed by atoms with Gasteiger partial charge < -0.3 is 49.2 Å². The predicted molar refractivity (Wildman–Crippen MR) is 270 cm³/mol. The number of nitrogens with two attached hydrogens (primary N) is 1. The number of ether oxygens (including phenoxy) is 3. The van der Waals surface area contributed by atoms with Crippen molar-refractivity contribution in [3.05, 3.63) is 149 Å². The number of rotatable bonds is 14. The van der Waals surface area contributed by atoms with Crippen LogP contribution in [0.1, 0.15) is 105 Å². The van der Waals surface area contributed by atoms with Crippen LogP contribution in [0, 0.1) is 28.4 Å². The van der Waals surface area contributed by atoms with Crippen LogP contribution in [0.2, 0.25) is 0 Å². The van der Waals surface area contributed by atoms with Gasteiger partial charge in [-0.15, -0.1) is 0 Å². The van der Waals surface area contributed by atoms with Gasteiger partial charge in [-0.25, -0.2) is 28.3 Å². The van der Waals surface area contributed by atoms with Gasteiger partial charge in [0.15, 0.2) is 22.9 Å². The van der Waals surface area contributed by atoms with Crippen LogP contribution in [-0.2, 0) is 36.8 Å². The monoisotopic (exact) mass is 1020 g/mol. The van der Waals surface area contributed by atoms with E-state index >= 15 is 0 Å². The number of oxazole rings is 2. The molecule has 0 aliphatic rings. The summed E-state index contributed by atoms with van der Waals surface area (Å²) >= 11 is 0. The topological polar surface area (TPSA) is 238 Å². The van der Waals surface area contributed by atoms with Gasteiger partial charge in [0.25, 0.3) is 0 Å². The van der Waals surface area contributed by atoms with Gasteiger partial charge in [-0.3, -0.25) is 14.0 Å². The number of carbonyl (C=O) groups is 4. The van der Waals surface area contributed by atoms with Gasteiger partial charge in [0.05, 0.1) is 41.1 Å². The molecule has 0 unspecified atom stereocenters. The Balaban J connectivity index is 0.000000273. The smallest absolute Gasteiger partial charge is 0.360 e. The summed E-state index contributed by atoms with van der Waals surface area (Å²) in [6.07, 6.45) is 3.18. The van der Waals surface area contributed by atoms with Crippen molar-refractivity contribution in [2.24, 2.45) is 22.5 Å². The molecule has 0 fully saturated rings. The van der Waals surface area contributed by atoms with Crippen molar-refractivity contribution in [1.29, 1.82) is 0 Å². The predicted octanol–water partition coefficient (Wildman–Crippen LogP) is 11.0. The summed E-state index contributed by atoms with van der Waals surface area (Å²) in [6.45, 7) is 11.5. The standard InChI is InChI=1S/C36H36FN3O7.C18H20FN3O3.CH3F/c1-36(2,3)32(34-39-30(35(44)45-4)31(47-34)27-19-38-28-15-12-24(37)18-26(27)28)40-33(43)23(16-21-10-13-25(41)14-11-21)17-29(42)46-20-22-8-6-5-7-9-22;1-18(2,3)15(20)16-22-13(17(23)24-4)14(25-16)11-8-21-12-6-5-9(19)7-10(11)12;1-2/h5-15,18-19,23,32,38,41H,16-17,20H2,1-4H3,(H,40,43);5-8,15,21H,20H2,1-4H3;1H3/t23-,32-;15-;/m11./s1/i;;1D. The number of hydrogen-bond donors (Lipinski definition) is 5. The number of carbonyl (C=O) groups excluding carboxylic acids is 4. The van der Waals surface area contributed by atoms with Crippen molar-refractivity contribution < 1.29 is 61.9 Å². The van der Waals surface area contributed by atoms with Crippen LogP contribution in [0.25, 0.3) is 44.5 Å². The van der Waals surface area contributed by atoms with Crippen molar-refractivity contribution in [1.82, 2.24) is 25.3 Å². The van der Waals surface area contributed by atoms with Gasteiger partial charge >= 0.3 is 17.9 Å². The van der Waals surface area contributed by atoms with E-state index in [4.69, 9.17) is 30.1 Å². The molecule has 4 heterocycles. The molecule has 6 N–H and O–H groups in total. The average molecular weight is 1020 g/mol. The lowest BCUT2D eigenvalue weighted by Crippen LogP contribution is -2.41. The normalized spacial score (nSPS) is 12.8.